The van der Waals surface area contributed by atoms with Gasteiger partial charge in [-0.3, -0.25) is 0 Å². The monoisotopic (exact) mass is 224 g/mol. The molecule has 16 heavy (non-hydrogen) atoms. The van der Waals surface area contributed by atoms with Crippen molar-refractivity contribution in [2.75, 3.05) is 13.2 Å². The summed E-state index contributed by atoms with van der Waals surface area (Å²) in [5.41, 5.74) is 0. The van der Waals surface area contributed by atoms with Crippen molar-refractivity contribution in [2.24, 2.45) is 0 Å². The second-order valence-electron chi connectivity index (χ2n) is 3.37. The highest BCUT2D eigenvalue weighted by molar-refractivity contribution is 5.71. The maximum Gasteiger partial charge on any atom is 0.332 e. The summed E-state index contributed by atoms with van der Waals surface area (Å²) in [5, 5.41) is 8.56. The van der Waals surface area contributed by atoms with Crippen LogP contribution in [-0.4, -0.2) is 30.4 Å². The van der Waals surface area contributed by atoms with Gasteiger partial charge in [0.1, 0.15) is 5.75 Å². The van der Waals surface area contributed by atoms with Crippen molar-refractivity contribution in [3.8, 4) is 5.75 Å². The molecule has 0 heterocycles. The second-order valence-corrected chi connectivity index (χ2v) is 3.37. The van der Waals surface area contributed by atoms with E-state index in [9.17, 15) is 4.79 Å². The van der Waals surface area contributed by atoms with Crippen LogP contribution in [0, 0.1) is 0 Å². The minimum atomic E-state index is -0.941. The Morgan fingerprint density at radius 2 is 2.00 bits per heavy atom. The normalized spacial score (nSPS) is 12.1. The van der Waals surface area contributed by atoms with Crippen LogP contribution < -0.4 is 4.74 Å². The number of carboxylic acids is 1. The molecular formula is C12H16O4. The summed E-state index contributed by atoms with van der Waals surface area (Å²) in [4.78, 5) is 10.4. The zero-order valence-corrected chi connectivity index (χ0v) is 9.26. The molecule has 0 aliphatic heterocycles. The first-order valence-electron chi connectivity index (χ1n) is 5.22. The summed E-state index contributed by atoms with van der Waals surface area (Å²) in [6.07, 6.45) is -0.0799. The number of ether oxygens (including phenoxy) is 2. The molecule has 0 saturated heterocycles. The fourth-order valence-corrected chi connectivity index (χ4v) is 1.10. The first-order chi connectivity index (χ1) is 7.70. The summed E-state index contributed by atoms with van der Waals surface area (Å²) in [6, 6.07) is 9.47. The van der Waals surface area contributed by atoms with Crippen molar-refractivity contribution < 1.29 is 19.4 Å². The van der Waals surface area contributed by atoms with Crippen LogP contribution in [0.3, 0.4) is 0 Å². The Morgan fingerprint density at radius 3 is 2.62 bits per heavy atom. The zero-order valence-electron chi connectivity index (χ0n) is 9.26. The molecule has 1 atom stereocenters. The lowest BCUT2D eigenvalue weighted by Gasteiger charge is -2.09. The molecule has 0 aromatic heterocycles. The Hall–Kier alpha value is -1.55. The third-order valence-electron chi connectivity index (χ3n) is 2.02. The predicted molar refractivity (Wildman–Crippen MR) is 59.6 cm³/mol. The van der Waals surface area contributed by atoms with E-state index in [4.69, 9.17) is 14.6 Å². The number of hydrogen-bond acceptors (Lipinski definition) is 3. The van der Waals surface area contributed by atoms with Gasteiger partial charge in [-0.2, -0.15) is 0 Å². The standard InChI is InChI=1S/C12H16O4/c1-10(12(13)14)15-8-5-9-16-11-6-3-2-4-7-11/h2-4,6-7,10H,5,8-9H2,1H3,(H,13,14). The van der Waals surface area contributed by atoms with Crippen molar-refractivity contribution in [3.63, 3.8) is 0 Å². The van der Waals surface area contributed by atoms with Gasteiger partial charge in [0.15, 0.2) is 6.10 Å². The van der Waals surface area contributed by atoms with Gasteiger partial charge in [-0.25, -0.2) is 4.79 Å². The van der Waals surface area contributed by atoms with Crippen molar-refractivity contribution in [2.45, 2.75) is 19.4 Å². The van der Waals surface area contributed by atoms with Crippen LogP contribution in [0.25, 0.3) is 0 Å². The molecule has 88 valence electrons. The number of carbonyl (C=O) groups is 1. The second kappa shape index (κ2) is 6.85. The van der Waals surface area contributed by atoms with Crippen molar-refractivity contribution in [3.05, 3.63) is 30.3 Å². The Balaban J connectivity index is 2.07. The lowest BCUT2D eigenvalue weighted by atomic mass is 10.3. The van der Waals surface area contributed by atoms with E-state index in [-0.39, 0.29) is 0 Å². The molecule has 0 saturated carbocycles. The van der Waals surface area contributed by atoms with Crippen LogP contribution in [0.5, 0.6) is 5.75 Å². The van der Waals surface area contributed by atoms with Gasteiger partial charge in [0, 0.05) is 6.42 Å². The molecule has 1 aromatic rings. The van der Waals surface area contributed by atoms with Crippen LogP contribution in [0.1, 0.15) is 13.3 Å². The van der Waals surface area contributed by atoms with E-state index in [1.165, 1.54) is 6.92 Å². The lowest BCUT2D eigenvalue weighted by molar-refractivity contribution is -0.149. The Morgan fingerprint density at radius 1 is 1.31 bits per heavy atom. The van der Waals surface area contributed by atoms with Gasteiger partial charge in [0.05, 0.1) is 13.2 Å². The molecular weight excluding hydrogens is 208 g/mol. The van der Waals surface area contributed by atoms with E-state index >= 15 is 0 Å². The van der Waals surface area contributed by atoms with Gasteiger partial charge < -0.3 is 14.6 Å². The number of para-hydroxylation sites is 1. The Kier molecular flexibility index (Phi) is 5.36. The van der Waals surface area contributed by atoms with Gasteiger partial charge in [-0.1, -0.05) is 18.2 Å². The van der Waals surface area contributed by atoms with Crippen molar-refractivity contribution in [1.29, 1.82) is 0 Å². The molecule has 1 aromatic carbocycles. The van der Waals surface area contributed by atoms with Gasteiger partial charge in [0.25, 0.3) is 0 Å². The van der Waals surface area contributed by atoms with Crippen LogP contribution in [0.4, 0.5) is 0 Å². The van der Waals surface area contributed by atoms with E-state index in [0.717, 1.165) is 5.75 Å². The highest BCUT2D eigenvalue weighted by Gasteiger charge is 2.09. The van der Waals surface area contributed by atoms with E-state index < -0.39 is 12.1 Å². The van der Waals surface area contributed by atoms with E-state index in [2.05, 4.69) is 0 Å². The Bertz CT molecular complexity index is 310. The minimum Gasteiger partial charge on any atom is -0.494 e. The minimum absolute atomic E-state index is 0.389. The van der Waals surface area contributed by atoms with E-state index in [1.54, 1.807) is 0 Å². The fraction of sp³-hybridized carbons (Fsp3) is 0.417. The number of rotatable bonds is 7. The first-order valence-corrected chi connectivity index (χ1v) is 5.22. The summed E-state index contributed by atoms with van der Waals surface area (Å²) in [5.74, 6) is -0.127. The molecule has 1 unspecified atom stereocenters. The van der Waals surface area contributed by atoms with Crippen LogP contribution in [0.2, 0.25) is 0 Å². The van der Waals surface area contributed by atoms with Crippen LogP contribution in [-0.2, 0) is 9.53 Å². The molecule has 0 radical (unpaired) electrons. The summed E-state index contributed by atoms with van der Waals surface area (Å²) in [6.45, 7) is 2.43. The van der Waals surface area contributed by atoms with E-state index in [0.29, 0.717) is 19.6 Å². The zero-order chi connectivity index (χ0) is 11.8. The number of aliphatic carboxylic acids is 1. The maximum absolute atomic E-state index is 10.4. The number of hydrogen-bond donors (Lipinski definition) is 1. The van der Waals surface area contributed by atoms with Crippen LogP contribution >= 0.6 is 0 Å². The quantitative estimate of drug-likeness (QED) is 0.719. The highest BCUT2D eigenvalue weighted by atomic mass is 16.5. The summed E-state index contributed by atoms with van der Waals surface area (Å²) in [7, 11) is 0. The predicted octanol–water partition coefficient (Wildman–Crippen LogP) is 1.95. The average molecular weight is 224 g/mol. The Labute approximate surface area is 94.8 Å². The van der Waals surface area contributed by atoms with Crippen LogP contribution in [0.15, 0.2) is 30.3 Å². The maximum atomic E-state index is 10.4. The lowest BCUT2D eigenvalue weighted by Crippen LogP contribution is -2.20. The number of carboxylic acid groups (broad SMARTS) is 1. The third-order valence-corrected chi connectivity index (χ3v) is 2.02. The molecule has 4 heteroatoms. The topological polar surface area (TPSA) is 55.8 Å². The van der Waals surface area contributed by atoms with Gasteiger partial charge in [-0.15, -0.1) is 0 Å². The molecule has 0 fully saturated rings. The summed E-state index contributed by atoms with van der Waals surface area (Å²) >= 11 is 0. The smallest absolute Gasteiger partial charge is 0.332 e. The number of benzene rings is 1. The molecule has 0 spiro atoms. The van der Waals surface area contributed by atoms with Gasteiger partial charge >= 0.3 is 5.97 Å². The molecule has 4 nitrogen and oxygen atoms in total. The molecule has 1 N–H and O–H groups in total. The fourth-order valence-electron chi connectivity index (χ4n) is 1.10. The highest BCUT2D eigenvalue weighted by Crippen LogP contribution is 2.08. The largest absolute Gasteiger partial charge is 0.494 e. The molecule has 0 amide bonds. The molecule has 0 aliphatic carbocycles. The average Bonchev–Trinajstić information content (AvgIpc) is 2.29. The van der Waals surface area contributed by atoms with Gasteiger partial charge in [0.2, 0.25) is 0 Å². The summed E-state index contributed by atoms with van der Waals surface area (Å²) < 4.78 is 10.5. The van der Waals surface area contributed by atoms with Gasteiger partial charge in [-0.05, 0) is 19.1 Å². The molecule has 0 bridgehead atoms. The van der Waals surface area contributed by atoms with Crippen molar-refractivity contribution >= 4 is 5.97 Å². The van der Waals surface area contributed by atoms with Crippen molar-refractivity contribution in [1.82, 2.24) is 0 Å². The first kappa shape index (κ1) is 12.5. The third kappa shape index (κ3) is 4.79. The molecule has 0 aliphatic rings. The van der Waals surface area contributed by atoms with E-state index in [1.807, 2.05) is 30.3 Å². The molecule has 1 rings (SSSR count). The SMILES string of the molecule is CC(OCCCOc1ccccc1)C(=O)O.